The molecular weight excluding hydrogens is 439 g/mol. The van der Waals surface area contributed by atoms with Gasteiger partial charge < -0.3 is 25.1 Å². The Kier molecular flexibility index (Phi) is 6.93. The monoisotopic (exact) mass is 466 g/mol. The molecule has 3 N–H and O–H groups in total. The van der Waals surface area contributed by atoms with Gasteiger partial charge in [-0.15, -0.1) is 0 Å². The first-order chi connectivity index (χ1) is 15.9. The number of aliphatic hydroxyl groups excluding tert-OH is 2. The lowest BCUT2D eigenvalue weighted by atomic mass is 9.91. The maximum absolute atomic E-state index is 13.3. The van der Waals surface area contributed by atoms with Crippen molar-refractivity contribution in [3.8, 4) is 5.75 Å². The molecule has 3 aromatic carbocycles. The van der Waals surface area contributed by atoms with E-state index in [4.69, 9.17) is 12.2 Å². The molecule has 0 saturated carbocycles. The van der Waals surface area contributed by atoms with Gasteiger partial charge in [-0.2, -0.15) is 0 Å². The number of phenolic OH excluding ortho intramolecular Hbond substituents is 1. The maximum atomic E-state index is 13.3. The van der Waals surface area contributed by atoms with E-state index in [1.165, 1.54) is 12.1 Å². The van der Waals surface area contributed by atoms with Crippen LogP contribution in [0.15, 0.2) is 72.8 Å². The average Bonchev–Trinajstić information content (AvgIpc) is 3.08. The van der Waals surface area contributed by atoms with Crippen LogP contribution in [-0.4, -0.2) is 38.4 Å². The van der Waals surface area contributed by atoms with Crippen LogP contribution in [0.25, 0.3) is 0 Å². The van der Waals surface area contributed by atoms with Gasteiger partial charge in [0, 0.05) is 18.3 Å². The molecule has 5 nitrogen and oxygen atoms in total. The summed E-state index contributed by atoms with van der Waals surface area (Å²) >= 11 is 5.80. The second-order valence-corrected chi connectivity index (χ2v) is 8.67. The minimum atomic E-state index is -0.746. The van der Waals surface area contributed by atoms with Gasteiger partial charge in [0.1, 0.15) is 11.6 Å². The minimum absolute atomic E-state index is 0.0923. The number of para-hydroxylation sites is 1. The van der Waals surface area contributed by atoms with Crippen LogP contribution >= 0.6 is 12.2 Å². The summed E-state index contributed by atoms with van der Waals surface area (Å²) in [4.78, 5) is 4.03. The number of hydrogen-bond acceptors (Lipinski definition) is 4. The zero-order valence-corrected chi connectivity index (χ0v) is 19.1. The van der Waals surface area contributed by atoms with E-state index in [0.29, 0.717) is 34.6 Å². The standard InChI is InChI=1S/C26H27FN2O3S/c1-28-22(13-14-23(31)18-8-10-19(27)11-9-18)25(21-12-7-17(16-30)15-24(21)32)29(26(28)33)20-5-3-2-4-6-20/h2-12,15,22-23,25,30-32H,13-14,16H2,1H3/t22-,23?,25+/m0/s1. The van der Waals surface area contributed by atoms with Gasteiger partial charge in [0.05, 0.1) is 24.8 Å². The van der Waals surface area contributed by atoms with Gasteiger partial charge in [-0.05, 0) is 66.5 Å². The Balaban J connectivity index is 1.67. The number of aromatic hydroxyl groups is 1. The molecule has 1 aliphatic rings. The van der Waals surface area contributed by atoms with E-state index in [1.807, 2.05) is 53.2 Å². The molecular formula is C26H27FN2O3S. The van der Waals surface area contributed by atoms with E-state index >= 15 is 0 Å². The molecule has 1 aliphatic heterocycles. The minimum Gasteiger partial charge on any atom is -0.508 e. The molecule has 1 fully saturated rings. The SMILES string of the molecule is CN1C(=S)N(c2ccccc2)[C@H](c2ccc(CO)cc2O)[C@@H]1CCC(O)c1ccc(F)cc1. The zero-order chi connectivity index (χ0) is 23.5. The number of benzene rings is 3. The second-order valence-electron chi connectivity index (χ2n) is 8.31. The number of phenols is 1. The topological polar surface area (TPSA) is 67.2 Å². The third-order valence-electron chi connectivity index (χ3n) is 6.27. The van der Waals surface area contributed by atoms with Crippen molar-refractivity contribution < 1.29 is 19.7 Å². The van der Waals surface area contributed by atoms with Crippen molar-refractivity contribution in [2.75, 3.05) is 11.9 Å². The summed E-state index contributed by atoms with van der Waals surface area (Å²) < 4.78 is 13.3. The van der Waals surface area contributed by atoms with Gasteiger partial charge in [0.15, 0.2) is 5.11 Å². The summed E-state index contributed by atoms with van der Waals surface area (Å²) in [6.45, 7) is -0.160. The van der Waals surface area contributed by atoms with Gasteiger partial charge in [0.2, 0.25) is 0 Å². The number of hydrogen-bond donors (Lipinski definition) is 3. The summed E-state index contributed by atoms with van der Waals surface area (Å²) in [5.41, 5.74) is 2.89. The Morgan fingerprint density at radius 3 is 2.36 bits per heavy atom. The Morgan fingerprint density at radius 1 is 1.03 bits per heavy atom. The molecule has 0 aliphatic carbocycles. The highest BCUT2D eigenvalue weighted by Crippen LogP contribution is 2.43. The van der Waals surface area contributed by atoms with Crippen LogP contribution in [0.1, 0.15) is 41.7 Å². The normalized spacial score (nSPS) is 19.2. The predicted octanol–water partition coefficient (Wildman–Crippen LogP) is 4.68. The van der Waals surface area contributed by atoms with Crippen LogP contribution in [0.5, 0.6) is 5.75 Å². The highest BCUT2D eigenvalue weighted by molar-refractivity contribution is 7.80. The number of thiocarbonyl (C=S) groups is 1. The summed E-state index contributed by atoms with van der Waals surface area (Å²) in [6, 6.07) is 20.4. The van der Waals surface area contributed by atoms with Crippen molar-refractivity contribution >= 4 is 23.0 Å². The Morgan fingerprint density at radius 2 is 1.73 bits per heavy atom. The Bertz CT molecular complexity index is 1110. The molecule has 0 radical (unpaired) electrons. The molecule has 7 heteroatoms. The smallest absolute Gasteiger partial charge is 0.176 e. The lowest BCUT2D eigenvalue weighted by Crippen LogP contribution is -2.31. The van der Waals surface area contributed by atoms with E-state index in [2.05, 4.69) is 0 Å². The lowest BCUT2D eigenvalue weighted by Gasteiger charge is -2.29. The maximum Gasteiger partial charge on any atom is 0.176 e. The van der Waals surface area contributed by atoms with Crippen LogP contribution < -0.4 is 4.90 Å². The van der Waals surface area contributed by atoms with Crippen molar-refractivity contribution in [3.63, 3.8) is 0 Å². The van der Waals surface area contributed by atoms with Gasteiger partial charge in [-0.1, -0.05) is 42.5 Å². The number of likely N-dealkylation sites (N-methyl/N-ethyl adjacent to an activating group) is 1. The lowest BCUT2D eigenvalue weighted by molar-refractivity contribution is 0.152. The van der Waals surface area contributed by atoms with E-state index in [-0.39, 0.29) is 30.3 Å². The van der Waals surface area contributed by atoms with Crippen LogP contribution in [-0.2, 0) is 6.61 Å². The summed E-state index contributed by atoms with van der Waals surface area (Å²) in [6.07, 6.45) is 0.284. The van der Waals surface area contributed by atoms with E-state index in [9.17, 15) is 19.7 Å². The molecule has 172 valence electrons. The van der Waals surface area contributed by atoms with Crippen LogP contribution in [0.2, 0.25) is 0 Å². The largest absolute Gasteiger partial charge is 0.508 e. The fourth-order valence-corrected chi connectivity index (χ4v) is 4.84. The van der Waals surface area contributed by atoms with Crippen molar-refractivity contribution in [2.24, 2.45) is 0 Å². The number of nitrogens with zero attached hydrogens (tertiary/aromatic N) is 2. The van der Waals surface area contributed by atoms with Gasteiger partial charge in [-0.25, -0.2) is 4.39 Å². The van der Waals surface area contributed by atoms with Gasteiger partial charge in [-0.3, -0.25) is 0 Å². The predicted molar refractivity (Wildman–Crippen MR) is 130 cm³/mol. The molecule has 1 unspecified atom stereocenters. The molecule has 1 heterocycles. The quantitative estimate of drug-likeness (QED) is 0.439. The molecule has 33 heavy (non-hydrogen) atoms. The first-order valence-electron chi connectivity index (χ1n) is 10.9. The number of rotatable bonds is 7. The van der Waals surface area contributed by atoms with Crippen molar-refractivity contribution in [3.05, 3.63) is 95.3 Å². The molecule has 0 spiro atoms. The first kappa shape index (κ1) is 23.2. The fourth-order valence-electron chi connectivity index (χ4n) is 4.49. The third kappa shape index (κ3) is 4.71. The zero-order valence-electron chi connectivity index (χ0n) is 18.3. The van der Waals surface area contributed by atoms with E-state index in [0.717, 1.165) is 5.69 Å². The number of anilines is 1. The average molecular weight is 467 g/mol. The summed E-state index contributed by atoms with van der Waals surface area (Å²) in [5, 5.41) is 31.6. The molecule has 3 aromatic rings. The summed E-state index contributed by atoms with van der Waals surface area (Å²) in [7, 11) is 1.92. The number of halogens is 1. The Hall–Kier alpha value is -3.00. The second kappa shape index (κ2) is 9.87. The van der Waals surface area contributed by atoms with E-state index in [1.54, 1.807) is 24.3 Å². The molecule has 0 bridgehead atoms. The van der Waals surface area contributed by atoms with Crippen LogP contribution in [0.4, 0.5) is 10.1 Å². The molecule has 0 amide bonds. The van der Waals surface area contributed by atoms with Crippen LogP contribution in [0, 0.1) is 5.82 Å². The summed E-state index contributed by atoms with van der Waals surface area (Å²) in [5.74, 6) is -0.248. The first-order valence-corrected chi connectivity index (χ1v) is 11.3. The van der Waals surface area contributed by atoms with Crippen molar-refractivity contribution in [1.29, 1.82) is 0 Å². The van der Waals surface area contributed by atoms with E-state index < -0.39 is 6.10 Å². The van der Waals surface area contributed by atoms with Crippen LogP contribution in [0.3, 0.4) is 0 Å². The Labute approximate surface area is 198 Å². The van der Waals surface area contributed by atoms with Gasteiger partial charge >= 0.3 is 0 Å². The van der Waals surface area contributed by atoms with Gasteiger partial charge in [0.25, 0.3) is 0 Å². The fraction of sp³-hybridized carbons (Fsp3) is 0.269. The highest BCUT2D eigenvalue weighted by Gasteiger charge is 2.44. The van der Waals surface area contributed by atoms with Crippen molar-refractivity contribution in [2.45, 2.75) is 37.6 Å². The molecule has 4 rings (SSSR count). The molecule has 0 aromatic heterocycles. The molecule has 1 saturated heterocycles. The third-order valence-corrected chi connectivity index (χ3v) is 6.75. The molecule has 3 atom stereocenters. The highest BCUT2D eigenvalue weighted by atomic mass is 32.1. The van der Waals surface area contributed by atoms with Crippen molar-refractivity contribution in [1.82, 2.24) is 4.90 Å². The number of aliphatic hydroxyl groups is 2.